The Labute approximate surface area is 95.4 Å². The van der Waals surface area contributed by atoms with Crippen molar-refractivity contribution in [2.24, 2.45) is 0 Å². The van der Waals surface area contributed by atoms with Crippen LogP contribution < -0.4 is 16.8 Å². The summed E-state index contributed by atoms with van der Waals surface area (Å²) in [6, 6.07) is 1.66. The molecule has 16 heavy (non-hydrogen) atoms. The minimum absolute atomic E-state index is 0.185. The Morgan fingerprint density at radius 3 is 2.81 bits per heavy atom. The quantitative estimate of drug-likeness (QED) is 0.595. The van der Waals surface area contributed by atoms with Gasteiger partial charge in [-0.1, -0.05) is 6.92 Å². The van der Waals surface area contributed by atoms with Crippen LogP contribution in [0.5, 0.6) is 0 Å². The summed E-state index contributed by atoms with van der Waals surface area (Å²) in [5, 5.41) is 3.11. The minimum Gasteiger partial charge on any atom is -0.383 e. The molecule has 1 aromatic heterocycles. The summed E-state index contributed by atoms with van der Waals surface area (Å²) in [7, 11) is 0. The van der Waals surface area contributed by atoms with E-state index in [0.717, 1.165) is 32.6 Å². The molecule has 0 aliphatic rings. The third-order valence-corrected chi connectivity index (χ3v) is 1.88. The van der Waals surface area contributed by atoms with Crippen LogP contribution in [-0.2, 0) is 4.74 Å². The van der Waals surface area contributed by atoms with Crippen molar-refractivity contribution in [2.45, 2.75) is 19.8 Å². The van der Waals surface area contributed by atoms with Crippen LogP contribution in [0.3, 0.4) is 0 Å². The molecule has 0 bridgehead atoms. The number of hydrogen-bond acceptors (Lipinski definition) is 6. The maximum atomic E-state index is 5.53. The number of rotatable bonds is 7. The molecule has 0 aromatic carbocycles. The van der Waals surface area contributed by atoms with Crippen LogP contribution in [-0.4, -0.2) is 29.7 Å². The van der Waals surface area contributed by atoms with Crippen molar-refractivity contribution in [1.29, 1.82) is 0 Å². The van der Waals surface area contributed by atoms with Crippen molar-refractivity contribution < 1.29 is 4.74 Å². The van der Waals surface area contributed by atoms with Gasteiger partial charge in [0.05, 0.1) is 0 Å². The van der Waals surface area contributed by atoms with Crippen LogP contribution in [0.2, 0.25) is 0 Å². The van der Waals surface area contributed by atoms with E-state index in [2.05, 4.69) is 22.2 Å². The van der Waals surface area contributed by atoms with Crippen LogP contribution in [0, 0.1) is 0 Å². The predicted molar refractivity (Wildman–Crippen MR) is 65.1 cm³/mol. The Balaban J connectivity index is 2.21. The first-order valence-electron chi connectivity index (χ1n) is 5.44. The van der Waals surface area contributed by atoms with E-state index in [4.69, 9.17) is 16.2 Å². The molecule has 0 saturated heterocycles. The number of nitrogen functional groups attached to an aromatic ring is 2. The zero-order chi connectivity index (χ0) is 11.8. The first-order valence-corrected chi connectivity index (χ1v) is 5.44. The van der Waals surface area contributed by atoms with E-state index >= 15 is 0 Å². The fourth-order valence-corrected chi connectivity index (χ4v) is 1.21. The normalized spacial score (nSPS) is 10.3. The number of hydrogen-bond donors (Lipinski definition) is 3. The molecule has 0 saturated carbocycles. The number of nitrogens with two attached hydrogens (primary N) is 2. The number of aromatic nitrogens is 2. The highest BCUT2D eigenvalue weighted by molar-refractivity contribution is 5.48. The van der Waals surface area contributed by atoms with E-state index in [0.29, 0.717) is 11.6 Å². The average Bonchev–Trinajstić information content (AvgIpc) is 2.22. The molecule has 6 nitrogen and oxygen atoms in total. The molecular weight excluding hydrogens is 206 g/mol. The Bertz CT molecular complexity index is 298. The van der Waals surface area contributed by atoms with Crippen molar-refractivity contribution in [3.05, 3.63) is 6.07 Å². The second-order valence-electron chi connectivity index (χ2n) is 3.43. The molecule has 0 aliphatic heterocycles. The molecule has 0 unspecified atom stereocenters. The maximum Gasteiger partial charge on any atom is 0.223 e. The SMILES string of the molecule is CCCOCCCNc1cc(N)nc(N)n1. The molecule has 0 atom stereocenters. The van der Waals surface area contributed by atoms with Crippen molar-refractivity contribution >= 4 is 17.6 Å². The standard InChI is InChI=1S/C10H19N5O/c1-2-5-16-6-3-4-13-9-7-8(11)14-10(12)15-9/h7H,2-6H2,1H3,(H5,11,12,13,14,15). The monoisotopic (exact) mass is 225 g/mol. The van der Waals surface area contributed by atoms with Gasteiger partial charge < -0.3 is 21.5 Å². The van der Waals surface area contributed by atoms with E-state index in [1.54, 1.807) is 6.07 Å². The van der Waals surface area contributed by atoms with Gasteiger partial charge >= 0.3 is 0 Å². The van der Waals surface area contributed by atoms with Crippen LogP contribution in [0.1, 0.15) is 19.8 Å². The van der Waals surface area contributed by atoms with Crippen LogP contribution >= 0.6 is 0 Å². The first kappa shape index (κ1) is 12.5. The lowest BCUT2D eigenvalue weighted by atomic mass is 10.4. The molecule has 90 valence electrons. The molecule has 1 heterocycles. The van der Waals surface area contributed by atoms with Gasteiger partial charge in [-0.15, -0.1) is 0 Å². The number of nitrogens with one attached hydrogen (secondary N) is 1. The van der Waals surface area contributed by atoms with E-state index in [1.165, 1.54) is 0 Å². The fourth-order valence-electron chi connectivity index (χ4n) is 1.21. The first-order chi connectivity index (χ1) is 7.72. The van der Waals surface area contributed by atoms with Crippen molar-refractivity contribution in [3.8, 4) is 0 Å². The summed E-state index contributed by atoms with van der Waals surface area (Å²) in [6.07, 6.45) is 1.97. The Morgan fingerprint density at radius 1 is 1.31 bits per heavy atom. The predicted octanol–water partition coefficient (Wildman–Crippen LogP) is 0.870. The molecule has 0 aliphatic carbocycles. The lowest BCUT2D eigenvalue weighted by molar-refractivity contribution is 0.134. The molecule has 5 N–H and O–H groups in total. The molecule has 0 fully saturated rings. The van der Waals surface area contributed by atoms with Gasteiger partial charge in [-0.05, 0) is 12.8 Å². The third-order valence-electron chi connectivity index (χ3n) is 1.88. The lowest BCUT2D eigenvalue weighted by Crippen LogP contribution is -2.09. The fraction of sp³-hybridized carbons (Fsp3) is 0.600. The topological polar surface area (TPSA) is 99.1 Å². The van der Waals surface area contributed by atoms with Crippen LogP contribution in [0.25, 0.3) is 0 Å². The zero-order valence-electron chi connectivity index (χ0n) is 9.57. The highest BCUT2D eigenvalue weighted by Crippen LogP contribution is 2.08. The average molecular weight is 225 g/mol. The highest BCUT2D eigenvalue weighted by Gasteiger charge is 1.98. The van der Waals surface area contributed by atoms with E-state index in [-0.39, 0.29) is 5.95 Å². The van der Waals surface area contributed by atoms with Gasteiger partial charge in [0.2, 0.25) is 5.95 Å². The summed E-state index contributed by atoms with van der Waals surface area (Å²) < 4.78 is 5.35. The number of ether oxygens (including phenoxy) is 1. The van der Waals surface area contributed by atoms with Gasteiger partial charge in [-0.3, -0.25) is 0 Å². The number of anilines is 3. The molecule has 0 amide bonds. The van der Waals surface area contributed by atoms with Gasteiger partial charge in [-0.2, -0.15) is 9.97 Å². The van der Waals surface area contributed by atoms with Crippen LogP contribution in [0.15, 0.2) is 6.07 Å². The van der Waals surface area contributed by atoms with E-state index < -0.39 is 0 Å². The Kier molecular flexibility index (Phi) is 5.35. The van der Waals surface area contributed by atoms with Crippen LogP contribution in [0.4, 0.5) is 17.6 Å². The van der Waals surface area contributed by atoms with Gasteiger partial charge in [0.15, 0.2) is 0 Å². The maximum absolute atomic E-state index is 5.53. The van der Waals surface area contributed by atoms with E-state index in [9.17, 15) is 0 Å². The van der Waals surface area contributed by atoms with Gasteiger partial charge in [0, 0.05) is 25.8 Å². The third kappa shape index (κ3) is 4.79. The molecule has 0 radical (unpaired) electrons. The minimum atomic E-state index is 0.185. The van der Waals surface area contributed by atoms with Crippen molar-refractivity contribution in [1.82, 2.24) is 9.97 Å². The second kappa shape index (κ2) is 6.84. The van der Waals surface area contributed by atoms with Crippen molar-refractivity contribution in [3.63, 3.8) is 0 Å². The lowest BCUT2D eigenvalue weighted by Gasteiger charge is -2.06. The van der Waals surface area contributed by atoms with Gasteiger partial charge in [-0.25, -0.2) is 0 Å². The van der Waals surface area contributed by atoms with Crippen molar-refractivity contribution in [2.75, 3.05) is 36.5 Å². The largest absolute Gasteiger partial charge is 0.383 e. The Morgan fingerprint density at radius 2 is 2.12 bits per heavy atom. The summed E-state index contributed by atoms with van der Waals surface area (Å²) in [5.74, 6) is 1.21. The molecule has 0 spiro atoms. The molecule has 1 aromatic rings. The van der Waals surface area contributed by atoms with Gasteiger partial charge in [0.25, 0.3) is 0 Å². The molecular formula is C10H19N5O. The Hall–Kier alpha value is -1.56. The van der Waals surface area contributed by atoms with Gasteiger partial charge in [0.1, 0.15) is 11.6 Å². The molecule has 1 rings (SSSR count). The summed E-state index contributed by atoms with van der Waals surface area (Å²) in [6.45, 7) is 4.43. The zero-order valence-corrected chi connectivity index (χ0v) is 9.57. The number of nitrogens with zero attached hydrogens (tertiary/aromatic N) is 2. The summed E-state index contributed by atoms with van der Waals surface area (Å²) in [4.78, 5) is 7.79. The highest BCUT2D eigenvalue weighted by atomic mass is 16.5. The second-order valence-corrected chi connectivity index (χ2v) is 3.43. The molecule has 6 heteroatoms. The van der Waals surface area contributed by atoms with E-state index in [1.807, 2.05) is 0 Å². The smallest absolute Gasteiger partial charge is 0.223 e. The summed E-state index contributed by atoms with van der Waals surface area (Å²) in [5.41, 5.74) is 11.0. The summed E-state index contributed by atoms with van der Waals surface area (Å²) >= 11 is 0.